The molecule has 0 amide bonds. The highest BCUT2D eigenvalue weighted by Gasteiger charge is 2.45. The Bertz CT molecular complexity index is 623. The highest BCUT2D eigenvalue weighted by atomic mass is 32.2. The van der Waals surface area contributed by atoms with E-state index in [-0.39, 0.29) is 12.0 Å². The smallest absolute Gasteiger partial charge is 0.175 e. The largest absolute Gasteiger partial charge is 0.395 e. The van der Waals surface area contributed by atoms with Gasteiger partial charge in [-0.3, -0.25) is 0 Å². The van der Waals surface area contributed by atoms with Gasteiger partial charge in [-0.1, -0.05) is 25.3 Å². The molecule has 0 radical (unpaired) electrons. The third kappa shape index (κ3) is 2.88. The topological polar surface area (TPSA) is 54.4 Å². The minimum Gasteiger partial charge on any atom is -0.395 e. The van der Waals surface area contributed by atoms with E-state index in [1.165, 1.54) is 36.6 Å². The van der Waals surface area contributed by atoms with Crippen molar-refractivity contribution in [3.8, 4) is 0 Å². The SMILES string of the molecule is CS(=O)(=O)c1ccc(C2(CO)CC2)c(C2CCCCC2)c1. The Balaban J connectivity index is 2.07. The maximum Gasteiger partial charge on any atom is 0.175 e. The van der Waals surface area contributed by atoms with Crippen LogP contribution in [0, 0.1) is 0 Å². The first kappa shape index (κ1) is 15.0. The van der Waals surface area contributed by atoms with Crippen LogP contribution in [-0.2, 0) is 15.3 Å². The van der Waals surface area contributed by atoms with E-state index < -0.39 is 9.84 Å². The predicted molar refractivity (Wildman–Crippen MR) is 83.4 cm³/mol. The van der Waals surface area contributed by atoms with Crippen molar-refractivity contribution in [2.75, 3.05) is 12.9 Å². The molecule has 1 aromatic carbocycles. The second-order valence-electron chi connectivity index (χ2n) is 6.79. The fourth-order valence-corrected chi connectivity index (χ4v) is 4.33. The van der Waals surface area contributed by atoms with Crippen molar-refractivity contribution in [1.82, 2.24) is 0 Å². The Morgan fingerprint density at radius 1 is 1.19 bits per heavy atom. The molecule has 2 fully saturated rings. The van der Waals surface area contributed by atoms with E-state index >= 15 is 0 Å². The van der Waals surface area contributed by atoms with Crippen molar-refractivity contribution < 1.29 is 13.5 Å². The number of aliphatic hydroxyl groups is 1. The van der Waals surface area contributed by atoms with Crippen LogP contribution in [-0.4, -0.2) is 26.4 Å². The summed E-state index contributed by atoms with van der Waals surface area (Å²) in [6.45, 7) is 0.172. The molecule has 4 heteroatoms. The number of hydrogen-bond acceptors (Lipinski definition) is 3. The highest BCUT2D eigenvalue weighted by Crippen LogP contribution is 2.51. The van der Waals surface area contributed by atoms with Crippen LogP contribution in [0.2, 0.25) is 0 Å². The first-order valence-corrected chi connectivity index (χ1v) is 9.81. The molecule has 0 aliphatic heterocycles. The average Bonchev–Trinajstić information content (AvgIpc) is 3.28. The Hall–Kier alpha value is -0.870. The minimum atomic E-state index is -3.18. The van der Waals surface area contributed by atoms with Gasteiger partial charge in [-0.25, -0.2) is 8.42 Å². The van der Waals surface area contributed by atoms with E-state index in [2.05, 4.69) is 0 Å². The van der Waals surface area contributed by atoms with Gasteiger partial charge >= 0.3 is 0 Å². The standard InChI is InChI=1S/C17H24O3S/c1-21(19,20)14-7-8-16(17(12-18)9-10-17)15(11-14)13-5-3-2-4-6-13/h7-8,11,13,18H,2-6,9-10,12H2,1H3. The van der Waals surface area contributed by atoms with E-state index in [0.29, 0.717) is 10.8 Å². The molecule has 2 aliphatic carbocycles. The van der Waals surface area contributed by atoms with Crippen LogP contribution in [0.4, 0.5) is 0 Å². The molecule has 3 rings (SSSR count). The maximum atomic E-state index is 11.9. The lowest BCUT2D eigenvalue weighted by Gasteiger charge is -2.27. The summed E-state index contributed by atoms with van der Waals surface area (Å²) < 4.78 is 23.7. The molecule has 0 bridgehead atoms. The summed E-state index contributed by atoms with van der Waals surface area (Å²) in [6.07, 6.45) is 9.30. The predicted octanol–water partition coefficient (Wildman–Crippen LogP) is 3.16. The molecule has 0 saturated heterocycles. The summed E-state index contributed by atoms with van der Waals surface area (Å²) in [5, 5.41) is 9.74. The van der Waals surface area contributed by atoms with E-state index in [1.54, 1.807) is 6.07 Å². The number of hydrogen-bond donors (Lipinski definition) is 1. The van der Waals surface area contributed by atoms with E-state index in [0.717, 1.165) is 25.7 Å². The average molecular weight is 308 g/mol. The normalized spacial score (nSPS) is 22.2. The van der Waals surface area contributed by atoms with Crippen LogP contribution in [0.25, 0.3) is 0 Å². The summed E-state index contributed by atoms with van der Waals surface area (Å²) in [4.78, 5) is 0.417. The van der Waals surface area contributed by atoms with Crippen molar-refractivity contribution in [1.29, 1.82) is 0 Å². The first-order chi connectivity index (χ1) is 9.96. The molecular formula is C17H24O3S. The summed E-state index contributed by atoms with van der Waals surface area (Å²) in [7, 11) is -3.18. The molecule has 1 N–H and O–H groups in total. The number of aliphatic hydroxyl groups excluding tert-OH is 1. The fraction of sp³-hybridized carbons (Fsp3) is 0.647. The minimum absolute atomic E-state index is 0.0944. The van der Waals surface area contributed by atoms with E-state index in [4.69, 9.17) is 0 Å². The Labute approximate surface area is 127 Å². The quantitative estimate of drug-likeness (QED) is 0.929. The third-order valence-electron chi connectivity index (χ3n) is 5.22. The highest BCUT2D eigenvalue weighted by molar-refractivity contribution is 7.90. The molecule has 2 aliphatic rings. The van der Waals surface area contributed by atoms with Crippen LogP contribution in [0.15, 0.2) is 23.1 Å². The zero-order valence-corrected chi connectivity index (χ0v) is 13.5. The van der Waals surface area contributed by atoms with Gasteiger partial charge in [0.25, 0.3) is 0 Å². The van der Waals surface area contributed by atoms with Gasteiger partial charge in [0.1, 0.15) is 0 Å². The van der Waals surface area contributed by atoms with Crippen molar-refractivity contribution in [3.63, 3.8) is 0 Å². The van der Waals surface area contributed by atoms with Gasteiger partial charge in [0.2, 0.25) is 0 Å². The third-order valence-corrected chi connectivity index (χ3v) is 6.33. The van der Waals surface area contributed by atoms with Crippen LogP contribution >= 0.6 is 0 Å². The number of benzene rings is 1. The van der Waals surface area contributed by atoms with Crippen LogP contribution in [0.1, 0.15) is 62.0 Å². The molecule has 0 aromatic heterocycles. The summed E-state index contributed by atoms with van der Waals surface area (Å²) in [6, 6.07) is 5.56. The maximum absolute atomic E-state index is 11.9. The zero-order chi connectivity index (χ0) is 15.1. The molecular weight excluding hydrogens is 284 g/mol. The molecule has 0 unspecified atom stereocenters. The van der Waals surface area contributed by atoms with Gasteiger partial charge < -0.3 is 5.11 Å². The van der Waals surface area contributed by atoms with Gasteiger partial charge in [0.15, 0.2) is 9.84 Å². The van der Waals surface area contributed by atoms with Crippen molar-refractivity contribution in [2.45, 2.75) is 61.2 Å². The van der Waals surface area contributed by atoms with Gasteiger partial charge in [-0.15, -0.1) is 0 Å². The summed E-state index contributed by atoms with van der Waals surface area (Å²) >= 11 is 0. The van der Waals surface area contributed by atoms with Gasteiger partial charge in [0, 0.05) is 11.7 Å². The molecule has 1 aromatic rings. The summed E-state index contributed by atoms with van der Waals surface area (Å²) in [5.41, 5.74) is 2.29. The molecule has 0 heterocycles. The van der Waals surface area contributed by atoms with Crippen LogP contribution in [0.3, 0.4) is 0 Å². The van der Waals surface area contributed by atoms with Crippen LogP contribution < -0.4 is 0 Å². The van der Waals surface area contributed by atoms with Gasteiger partial charge in [-0.05, 0) is 54.9 Å². The van der Waals surface area contributed by atoms with Gasteiger partial charge in [-0.2, -0.15) is 0 Å². The number of rotatable bonds is 4. The Kier molecular flexibility index (Phi) is 3.87. The number of sulfone groups is 1. The zero-order valence-electron chi connectivity index (χ0n) is 12.6. The van der Waals surface area contributed by atoms with E-state index in [9.17, 15) is 13.5 Å². The lowest BCUT2D eigenvalue weighted by Crippen LogP contribution is -2.18. The lowest BCUT2D eigenvalue weighted by molar-refractivity contribution is 0.253. The van der Waals surface area contributed by atoms with Gasteiger partial charge in [0.05, 0.1) is 11.5 Å². The molecule has 3 nitrogen and oxygen atoms in total. The molecule has 2 saturated carbocycles. The second kappa shape index (κ2) is 5.40. The summed E-state index contributed by atoms with van der Waals surface area (Å²) in [5.74, 6) is 0.458. The molecule has 0 spiro atoms. The molecule has 116 valence electrons. The Morgan fingerprint density at radius 3 is 2.38 bits per heavy atom. The Morgan fingerprint density at radius 2 is 1.86 bits per heavy atom. The first-order valence-electron chi connectivity index (χ1n) is 7.92. The lowest BCUT2D eigenvalue weighted by atomic mass is 9.79. The van der Waals surface area contributed by atoms with Crippen molar-refractivity contribution >= 4 is 9.84 Å². The molecule has 0 atom stereocenters. The monoisotopic (exact) mass is 308 g/mol. The second-order valence-corrected chi connectivity index (χ2v) is 8.81. The fourth-order valence-electron chi connectivity index (χ4n) is 3.67. The molecule has 21 heavy (non-hydrogen) atoms. The van der Waals surface area contributed by atoms with Crippen molar-refractivity contribution in [3.05, 3.63) is 29.3 Å². The van der Waals surface area contributed by atoms with Crippen molar-refractivity contribution in [2.24, 2.45) is 0 Å². The van der Waals surface area contributed by atoms with E-state index in [1.807, 2.05) is 12.1 Å². The van der Waals surface area contributed by atoms with Crippen LogP contribution in [0.5, 0.6) is 0 Å².